The Morgan fingerprint density at radius 3 is 2.28 bits per heavy atom. The number of carbonyl (C=O) groups excluding carboxylic acids is 1. The van der Waals surface area contributed by atoms with E-state index >= 15 is 0 Å². The standard InChI is InChI=1S/C14H12O3.Zn/c15-13-9-5-4-8-12(13)14(16)17-10-11-6-2-1-3-7-11;/h1-9,15H,10H2;. The second-order valence-corrected chi connectivity index (χ2v) is 3.58. The number of aromatic hydroxyl groups is 1. The van der Waals surface area contributed by atoms with Gasteiger partial charge in [0.2, 0.25) is 0 Å². The van der Waals surface area contributed by atoms with Crippen LogP contribution in [0.5, 0.6) is 5.75 Å². The molecular formula is C14H12O3Zn. The first-order valence-corrected chi connectivity index (χ1v) is 5.26. The summed E-state index contributed by atoms with van der Waals surface area (Å²) in [6, 6.07) is 15.7. The second kappa shape index (κ2) is 6.92. The summed E-state index contributed by atoms with van der Waals surface area (Å²) in [5.74, 6) is -0.586. The van der Waals surface area contributed by atoms with Crippen LogP contribution in [0.1, 0.15) is 15.9 Å². The van der Waals surface area contributed by atoms with Crippen LogP contribution in [-0.2, 0) is 30.8 Å². The number of benzene rings is 2. The molecule has 88 valence electrons. The minimum Gasteiger partial charge on any atom is -0.507 e. The molecule has 0 amide bonds. The molecule has 0 heterocycles. The minimum atomic E-state index is -0.521. The summed E-state index contributed by atoms with van der Waals surface area (Å²) >= 11 is 0. The van der Waals surface area contributed by atoms with Crippen LogP contribution in [0.2, 0.25) is 0 Å². The number of hydrogen-bond donors (Lipinski definition) is 1. The largest absolute Gasteiger partial charge is 0.507 e. The van der Waals surface area contributed by atoms with Gasteiger partial charge in [-0.15, -0.1) is 0 Å². The number of ether oxygens (including phenoxy) is 1. The molecule has 0 unspecified atom stereocenters. The maximum Gasteiger partial charge on any atom is 0.342 e. The molecule has 0 aliphatic carbocycles. The van der Waals surface area contributed by atoms with Crippen LogP contribution in [0.25, 0.3) is 0 Å². The molecule has 0 radical (unpaired) electrons. The van der Waals surface area contributed by atoms with Gasteiger partial charge in [-0.2, -0.15) is 0 Å². The third-order valence-corrected chi connectivity index (χ3v) is 2.34. The Labute approximate surface area is 118 Å². The van der Waals surface area contributed by atoms with Gasteiger partial charge in [0, 0.05) is 19.5 Å². The van der Waals surface area contributed by atoms with Gasteiger partial charge in [0.15, 0.2) is 0 Å². The summed E-state index contributed by atoms with van der Waals surface area (Å²) in [5.41, 5.74) is 1.10. The summed E-state index contributed by atoms with van der Waals surface area (Å²) in [6.07, 6.45) is 0. The number of phenols is 1. The smallest absolute Gasteiger partial charge is 0.342 e. The Balaban J connectivity index is 0.00000162. The molecule has 0 aliphatic rings. The number of hydrogen-bond acceptors (Lipinski definition) is 3. The maximum absolute atomic E-state index is 11.7. The number of carbonyl (C=O) groups is 1. The molecule has 0 bridgehead atoms. The van der Waals surface area contributed by atoms with Crippen LogP contribution in [0.15, 0.2) is 54.6 Å². The number of phenolic OH excluding ortho intramolecular Hbond substituents is 1. The third-order valence-electron chi connectivity index (χ3n) is 2.34. The fourth-order valence-corrected chi connectivity index (χ4v) is 1.45. The van der Waals surface area contributed by atoms with Crippen molar-refractivity contribution in [2.24, 2.45) is 0 Å². The second-order valence-electron chi connectivity index (χ2n) is 3.58. The van der Waals surface area contributed by atoms with Crippen molar-refractivity contribution in [3.8, 4) is 5.75 Å². The first-order chi connectivity index (χ1) is 8.27. The van der Waals surface area contributed by atoms with Gasteiger partial charge in [0.1, 0.15) is 17.9 Å². The molecule has 4 heteroatoms. The molecular weight excluding hydrogens is 282 g/mol. The Morgan fingerprint density at radius 1 is 1.00 bits per heavy atom. The molecule has 0 aromatic heterocycles. The quantitative estimate of drug-likeness (QED) is 0.699. The van der Waals surface area contributed by atoms with Crippen molar-refractivity contribution in [3.63, 3.8) is 0 Å². The summed E-state index contributed by atoms with van der Waals surface area (Å²) in [7, 11) is 0. The molecule has 2 rings (SSSR count). The first-order valence-electron chi connectivity index (χ1n) is 5.26. The van der Waals surface area contributed by atoms with Crippen molar-refractivity contribution in [2.75, 3.05) is 0 Å². The van der Waals surface area contributed by atoms with Crippen LogP contribution in [0.3, 0.4) is 0 Å². The topological polar surface area (TPSA) is 46.5 Å². The molecule has 0 atom stereocenters. The summed E-state index contributed by atoms with van der Waals surface area (Å²) < 4.78 is 5.10. The summed E-state index contributed by atoms with van der Waals surface area (Å²) in [5, 5.41) is 9.48. The normalized spacial score (nSPS) is 9.33. The molecule has 0 aliphatic heterocycles. The zero-order valence-corrected chi connectivity index (χ0v) is 12.8. The van der Waals surface area contributed by atoms with Gasteiger partial charge in [-0.25, -0.2) is 4.79 Å². The number of rotatable bonds is 3. The fourth-order valence-electron chi connectivity index (χ4n) is 1.45. The van der Waals surface area contributed by atoms with E-state index in [1.165, 1.54) is 12.1 Å². The molecule has 0 spiro atoms. The Bertz CT molecular complexity index is 511. The fraction of sp³-hybridized carbons (Fsp3) is 0.0714. The number of esters is 1. The Morgan fingerprint density at radius 2 is 1.61 bits per heavy atom. The molecule has 2 aromatic rings. The van der Waals surface area contributed by atoms with E-state index in [-0.39, 0.29) is 37.4 Å². The van der Waals surface area contributed by atoms with E-state index < -0.39 is 5.97 Å². The molecule has 2 aromatic carbocycles. The van der Waals surface area contributed by atoms with Crippen LogP contribution in [-0.4, -0.2) is 11.1 Å². The van der Waals surface area contributed by atoms with E-state index in [2.05, 4.69) is 0 Å². The SMILES string of the molecule is O=C(OCc1ccccc1)c1ccccc1O.[Zn]. The van der Waals surface area contributed by atoms with Crippen LogP contribution < -0.4 is 0 Å². The zero-order valence-electron chi connectivity index (χ0n) is 9.87. The monoisotopic (exact) mass is 292 g/mol. The van der Waals surface area contributed by atoms with Gasteiger partial charge in [-0.1, -0.05) is 42.5 Å². The van der Waals surface area contributed by atoms with Crippen LogP contribution >= 0.6 is 0 Å². The zero-order chi connectivity index (χ0) is 12.1. The maximum atomic E-state index is 11.7. The van der Waals surface area contributed by atoms with E-state index in [4.69, 9.17) is 4.74 Å². The molecule has 1 N–H and O–H groups in total. The van der Waals surface area contributed by atoms with Crippen molar-refractivity contribution in [1.82, 2.24) is 0 Å². The van der Waals surface area contributed by atoms with E-state index in [0.717, 1.165) is 5.56 Å². The van der Waals surface area contributed by atoms with Gasteiger partial charge >= 0.3 is 5.97 Å². The van der Waals surface area contributed by atoms with E-state index in [1.54, 1.807) is 12.1 Å². The first kappa shape index (κ1) is 14.4. The summed E-state index contributed by atoms with van der Waals surface area (Å²) in [4.78, 5) is 11.7. The predicted molar refractivity (Wildman–Crippen MR) is 63.7 cm³/mol. The van der Waals surface area contributed by atoms with Crippen LogP contribution in [0, 0.1) is 0 Å². The van der Waals surface area contributed by atoms with E-state index in [9.17, 15) is 9.90 Å². The van der Waals surface area contributed by atoms with E-state index in [1.807, 2.05) is 30.3 Å². The Hall–Kier alpha value is -1.67. The molecule has 0 saturated carbocycles. The van der Waals surface area contributed by atoms with Crippen molar-refractivity contribution in [3.05, 3.63) is 65.7 Å². The molecule has 0 fully saturated rings. The van der Waals surface area contributed by atoms with Gasteiger partial charge < -0.3 is 9.84 Å². The Kier molecular flexibility index (Phi) is 5.54. The van der Waals surface area contributed by atoms with Crippen molar-refractivity contribution < 1.29 is 34.1 Å². The van der Waals surface area contributed by atoms with Crippen molar-refractivity contribution >= 4 is 5.97 Å². The molecule has 18 heavy (non-hydrogen) atoms. The van der Waals surface area contributed by atoms with Gasteiger partial charge in [-0.05, 0) is 17.7 Å². The minimum absolute atomic E-state index is 0. The molecule has 3 nitrogen and oxygen atoms in total. The van der Waals surface area contributed by atoms with Crippen LogP contribution in [0.4, 0.5) is 0 Å². The van der Waals surface area contributed by atoms with Gasteiger partial charge in [0.25, 0.3) is 0 Å². The van der Waals surface area contributed by atoms with Gasteiger partial charge in [0.05, 0.1) is 0 Å². The predicted octanol–water partition coefficient (Wildman–Crippen LogP) is 2.75. The van der Waals surface area contributed by atoms with Crippen molar-refractivity contribution in [1.29, 1.82) is 0 Å². The van der Waals surface area contributed by atoms with E-state index in [0.29, 0.717) is 0 Å². The average molecular weight is 294 g/mol. The van der Waals surface area contributed by atoms with Crippen molar-refractivity contribution in [2.45, 2.75) is 6.61 Å². The molecule has 0 saturated heterocycles. The van der Waals surface area contributed by atoms with Gasteiger partial charge in [-0.3, -0.25) is 0 Å². The number of para-hydroxylation sites is 1. The summed E-state index contributed by atoms with van der Waals surface area (Å²) in [6.45, 7) is 0.202. The third kappa shape index (κ3) is 3.67. The average Bonchev–Trinajstić information content (AvgIpc) is 2.38.